The van der Waals surface area contributed by atoms with E-state index in [4.69, 9.17) is 9.47 Å². The van der Waals surface area contributed by atoms with Crippen LogP contribution in [0.4, 0.5) is 0 Å². The Morgan fingerprint density at radius 3 is 2.71 bits per heavy atom. The molecule has 206 valence electrons. The summed E-state index contributed by atoms with van der Waals surface area (Å²) < 4.78 is 40.8. The van der Waals surface area contributed by atoms with Gasteiger partial charge >= 0.3 is 0 Å². The normalized spacial score (nSPS) is 20.6. The van der Waals surface area contributed by atoms with Crippen LogP contribution in [-0.4, -0.2) is 80.4 Å². The lowest BCUT2D eigenvalue weighted by Gasteiger charge is -2.46. The summed E-state index contributed by atoms with van der Waals surface area (Å²) >= 11 is 0. The molecule has 9 heteroatoms. The topological polar surface area (TPSA) is 103 Å². The van der Waals surface area contributed by atoms with Crippen LogP contribution in [0.5, 0.6) is 5.75 Å². The fraction of sp³-hybridized carbons (Fsp3) is 0.552. The van der Waals surface area contributed by atoms with Gasteiger partial charge in [0.05, 0.1) is 29.2 Å². The van der Waals surface area contributed by atoms with Crippen LogP contribution in [0, 0.1) is 25.2 Å². The van der Waals surface area contributed by atoms with Crippen molar-refractivity contribution in [3.05, 3.63) is 58.7 Å². The number of aliphatic hydroxyl groups is 1. The monoisotopic (exact) mass is 541 g/mol. The Morgan fingerprint density at radius 1 is 1.24 bits per heavy atom. The SMILES string of the molecule is CCOCCN(C[C@@H](O)CN1CCCC2(CCc3cc(C#N)ccc3O2)C1)S(=O)(=O)c1c(C)cccc1C. The van der Waals surface area contributed by atoms with Gasteiger partial charge in [-0.1, -0.05) is 18.2 Å². The molecule has 0 aromatic heterocycles. The number of benzene rings is 2. The van der Waals surface area contributed by atoms with Gasteiger partial charge < -0.3 is 14.6 Å². The van der Waals surface area contributed by atoms with Gasteiger partial charge in [0, 0.05) is 32.8 Å². The number of rotatable bonds is 10. The first-order valence-corrected chi connectivity index (χ1v) is 14.9. The number of nitriles is 1. The van der Waals surface area contributed by atoms with Gasteiger partial charge in [-0.2, -0.15) is 9.57 Å². The number of sulfonamides is 1. The first-order chi connectivity index (χ1) is 18.2. The third-order valence-electron chi connectivity index (χ3n) is 7.56. The number of piperidine rings is 1. The van der Waals surface area contributed by atoms with Crippen molar-refractivity contribution in [2.75, 3.05) is 45.9 Å². The van der Waals surface area contributed by atoms with E-state index >= 15 is 0 Å². The molecule has 0 bridgehead atoms. The van der Waals surface area contributed by atoms with Gasteiger partial charge in [0.15, 0.2) is 0 Å². The number of likely N-dealkylation sites (tertiary alicyclic amines) is 1. The number of hydrogen-bond acceptors (Lipinski definition) is 7. The van der Waals surface area contributed by atoms with E-state index in [0.717, 1.165) is 43.5 Å². The Morgan fingerprint density at radius 2 is 2.00 bits per heavy atom. The van der Waals surface area contributed by atoms with Crippen LogP contribution in [0.25, 0.3) is 0 Å². The molecule has 0 radical (unpaired) electrons. The molecule has 2 heterocycles. The first-order valence-electron chi connectivity index (χ1n) is 13.4. The van der Waals surface area contributed by atoms with E-state index in [1.165, 1.54) is 4.31 Å². The highest BCUT2D eigenvalue weighted by molar-refractivity contribution is 7.89. The zero-order valence-corrected chi connectivity index (χ0v) is 23.5. The standard InChI is InChI=1S/C29H39N3O5S/c1-4-36-16-15-32(38(34,35)28-22(2)7-5-8-23(28)3)20-26(33)19-31-14-6-12-29(21-31)13-11-25-17-24(18-30)9-10-27(25)37-29/h5,7-10,17,26,33H,4,6,11-16,19-21H2,1-3H3/t26-,29?/m0/s1. The Bertz CT molecular complexity index is 1260. The minimum atomic E-state index is -3.82. The zero-order chi connectivity index (χ0) is 27.3. The lowest BCUT2D eigenvalue weighted by atomic mass is 9.84. The molecule has 4 rings (SSSR count). The minimum absolute atomic E-state index is 0.00664. The summed E-state index contributed by atoms with van der Waals surface area (Å²) in [5.41, 5.74) is 2.75. The van der Waals surface area contributed by atoms with E-state index < -0.39 is 16.1 Å². The maximum atomic E-state index is 13.7. The van der Waals surface area contributed by atoms with Crippen LogP contribution in [0.15, 0.2) is 41.3 Å². The predicted molar refractivity (Wildman–Crippen MR) is 146 cm³/mol. The average molecular weight is 542 g/mol. The van der Waals surface area contributed by atoms with Crippen molar-refractivity contribution in [1.29, 1.82) is 5.26 Å². The summed E-state index contributed by atoms with van der Waals surface area (Å²) in [4.78, 5) is 2.49. The molecule has 38 heavy (non-hydrogen) atoms. The number of ether oxygens (including phenoxy) is 2. The van der Waals surface area contributed by atoms with Crippen molar-refractivity contribution in [1.82, 2.24) is 9.21 Å². The van der Waals surface area contributed by atoms with Gasteiger partial charge in [0.2, 0.25) is 10.0 Å². The van der Waals surface area contributed by atoms with Crippen LogP contribution in [0.2, 0.25) is 0 Å². The predicted octanol–water partition coefficient (Wildman–Crippen LogP) is 3.42. The molecular weight excluding hydrogens is 502 g/mol. The van der Waals surface area contributed by atoms with Crippen LogP contribution >= 0.6 is 0 Å². The summed E-state index contributed by atoms with van der Waals surface area (Å²) in [5, 5.41) is 20.3. The Labute approximate surface area is 226 Å². The molecule has 0 amide bonds. The fourth-order valence-electron chi connectivity index (χ4n) is 5.77. The molecule has 1 saturated heterocycles. The molecule has 0 saturated carbocycles. The number of fused-ring (bicyclic) bond motifs is 1. The third-order valence-corrected chi connectivity index (χ3v) is 9.73. The number of β-amino-alcohol motifs (C(OH)–C–C–N with tert-alkyl or cyclic N) is 1. The van der Waals surface area contributed by atoms with E-state index in [-0.39, 0.29) is 25.3 Å². The fourth-order valence-corrected chi connectivity index (χ4v) is 7.66. The summed E-state index contributed by atoms with van der Waals surface area (Å²) in [6.45, 7) is 8.26. The minimum Gasteiger partial charge on any atom is -0.486 e. The van der Waals surface area contributed by atoms with Gasteiger partial charge in [-0.3, -0.25) is 4.90 Å². The van der Waals surface area contributed by atoms with Gasteiger partial charge in [-0.25, -0.2) is 8.42 Å². The zero-order valence-electron chi connectivity index (χ0n) is 22.6. The molecule has 2 aromatic rings. The molecule has 1 spiro atoms. The number of aryl methyl sites for hydroxylation is 3. The lowest BCUT2D eigenvalue weighted by molar-refractivity contribution is -0.0364. The Balaban J connectivity index is 1.45. The van der Waals surface area contributed by atoms with Crippen molar-refractivity contribution in [2.45, 2.75) is 63.1 Å². The van der Waals surface area contributed by atoms with Crippen LogP contribution in [-0.2, 0) is 21.2 Å². The summed E-state index contributed by atoms with van der Waals surface area (Å²) in [5.74, 6) is 0.833. The van der Waals surface area contributed by atoms with Crippen LogP contribution in [0.1, 0.15) is 48.4 Å². The van der Waals surface area contributed by atoms with Gasteiger partial charge in [0.1, 0.15) is 11.4 Å². The molecular formula is C29H39N3O5S. The van der Waals surface area contributed by atoms with Crippen molar-refractivity contribution < 1.29 is 23.0 Å². The van der Waals surface area contributed by atoms with Crippen molar-refractivity contribution in [3.63, 3.8) is 0 Å². The second kappa shape index (κ2) is 12.1. The molecule has 1 unspecified atom stereocenters. The molecule has 8 nitrogen and oxygen atoms in total. The Kier molecular flexibility index (Phi) is 9.11. The van der Waals surface area contributed by atoms with Crippen molar-refractivity contribution in [2.24, 2.45) is 0 Å². The van der Waals surface area contributed by atoms with Gasteiger partial charge in [-0.15, -0.1) is 0 Å². The second-order valence-corrected chi connectivity index (χ2v) is 12.4. The second-order valence-electron chi connectivity index (χ2n) is 10.5. The van der Waals surface area contributed by atoms with E-state index in [9.17, 15) is 18.8 Å². The number of aliphatic hydroxyl groups excluding tert-OH is 1. The quantitative estimate of drug-likeness (QED) is 0.460. The van der Waals surface area contributed by atoms with Crippen LogP contribution in [0.3, 0.4) is 0 Å². The summed E-state index contributed by atoms with van der Waals surface area (Å²) in [7, 11) is -3.82. The molecule has 2 aromatic carbocycles. The highest BCUT2D eigenvalue weighted by Crippen LogP contribution is 2.38. The van der Waals surface area contributed by atoms with Crippen molar-refractivity contribution >= 4 is 10.0 Å². The third kappa shape index (κ3) is 6.38. The smallest absolute Gasteiger partial charge is 0.243 e. The molecule has 2 aliphatic heterocycles. The number of hydrogen-bond donors (Lipinski definition) is 1. The lowest BCUT2D eigenvalue weighted by Crippen LogP contribution is -2.55. The highest BCUT2D eigenvalue weighted by Gasteiger charge is 2.41. The van der Waals surface area contributed by atoms with E-state index in [0.29, 0.717) is 41.3 Å². The molecule has 1 N–H and O–H groups in total. The number of nitrogens with zero attached hydrogens (tertiary/aromatic N) is 3. The molecule has 1 fully saturated rings. The van der Waals surface area contributed by atoms with E-state index in [2.05, 4.69) is 11.0 Å². The first kappa shape index (κ1) is 28.5. The summed E-state index contributed by atoms with van der Waals surface area (Å²) in [6.07, 6.45) is 2.71. The molecule has 2 atom stereocenters. The highest BCUT2D eigenvalue weighted by atomic mass is 32.2. The van der Waals surface area contributed by atoms with E-state index in [1.807, 2.05) is 25.1 Å². The summed E-state index contributed by atoms with van der Waals surface area (Å²) in [6, 6.07) is 13.2. The maximum absolute atomic E-state index is 13.7. The molecule has 0 aliphatic carbocycles. The van der Waals surface area contributed by atoms with Crippen molar-refractivity contribution in [3.8, 4) is 11.8 Å². The van der Waals surface area contributed by atoms with Gasteiger partial charge in [-0.05, 0) is 87.9 Å². The molecule has 2 aliphatic rings. The van der Waals surface area contributed by atoms with Gasteiger partial charge in [0.25, 0.3) is 0 Å². The average Bonchev–Trinajstić information content (AvgIpc) is 2.87. The van der Waals surface area contributed by atoms with Crippen LogP contribution < -0.4 is 4.74 Å². The maximum Gasteiger partial charge on any atom is 0.243 e. The van der Waals surface area contributed by atoms with E-state index in [1.54, 1.807) is 32.0 Å². The largest absolute Gasteiger partial charge is 0.486 e. The Hall–Kier alpha value is -2.48.